The molecule has 0 amide bonds. The Bertz CT molecular complexity index is 551. The fourth-order valence-electron chi connectivity index (χ4n) is 1.46. The summed E-state index contributed by atoms with van der Waals surface area (Å²) in [5, 5.41) is -0.190. The molecular weight excluding hydrogens is 295 g/mol. The maximum atomic E-state index is 13.2. The van der Waals surface area contributed by atoms with Crippen LogP contribution < -0.4 is 5.73 Å². The van der Waals surface area contributed by atoms with Crippen LogP contribution in [0.4, 0.5) is 10.1 Å². The molecule has 2 N–H and O–H groups in total. The highest BCUT2D eigenvalue weighted by Crippen LogP contribution is 2.28. The van der Waals surface area contributed by atoms with E-state index in [2.05, 4.69) is 0 Å². The van der Waals surface area contributed by atoms with E-state index in [9.17, 15) is 12.8 Å². The molecule has 0 bridgehead atoms. The minimum atomic E-state index is -3.79. The second kappa shape index (κ2) is 6.51. The molecule has 0 saturated heterocycles. The predicted octanol–water partition coefficient (Wildman–Crippen LogP) is 1.72. The summed E-state index contributed by atoms with van der Waals surface area (Å²) in [4.78, 5) is -0.201. The third-order valence-corrected chi connectivity index (χ3v) is 4.88. The zero-order valence-corrected chi connectivity index (χ0v) is 12.3. The van der Waals surface area contributed by atoms with Crippen molar-refractivity contribution in [1.29, 1.82) is 0 Å². The molecule has 0 spiro atoms. The highest BCUT2D eigenvalue weighted by atomic mass is 35.5. The van der Waals surface area contributed by atoms with Crippen molar-refractivity contribution in [3.05, 3.63) is 23.0 Å². The van der Waals surface area contributed by atoms with Crippen LogP contribution in [0, 0.1) is 5.82 Å². The van der Waals surface area contributed by atoms with Crippen LogP contribution in [0.25, 0.3) is 0 Å². The molecule has 108 valence electrons. The molecular formula is C11H16ClFN2O3S. The largest absolute Gasteiger partial charge is 0.396 e. The number of sulfonamides is 1. The molecule has 0 aliphatic rings. The minimum absolute atomic E-state index is 0.190. The van der Waals surface area contributed by atoms with Crippen LogP contribution in [0.15, 0.2) is 17.0 Å². The van der Waals surface area contributed by atoms with Crippen LogP contribution in [-0.4, -0.2) is 40.0 Å². The van der Waals surface area contributed by atoms with Crippen LogP contribution in [-0.2, 0) is 14.8 Å². The van der Waals surface area contributed by atoms with Gasteiger partial charge in [-0.25, -0.2) is 17.1 Å². The molecule has 8 heteroatoms. The van der Waals surface area contributed by atoms with E-state index in [-0.39, 0.29) is 22.2 Å². The van der Waals surface area contributed by atoms with E-state index in [0.29, 0.717) is 13.0 Å². The van der Waals surface area contributed by atoms with Crippen molar-refractivity contribution in [2.24, 2.45) is 0 Å². The quantitative estimate of drug-likeness (QED) is 0.641. The Kier molecular flexibility index (Phi) is 5.54. The fourth-order valence-corrected chi connectivity index (χ4v) is 3.19. The van der Waals surface area contributed by atoms with Crippen molar-refractivity contribution >= 4 is 27.3 Å². The van der Waals surface area contributed by atoms with E-state index in [0.717, 1.165) is 16.4 Å². The Labute approximate surface area is 117 Å². The minimum Gasteiger partial charge on any atom is -0.396 e. The number of rotatable bonds is 6. The van der Waals surface area contributed by atoms with Crippen molar-refractivity contribution in [2.45, 2.75) is 11.3 Å². The summed E-state index contributed by atoms with van der Waals surface area (Å²) in [6.45, 7) is 0.711. The van der Waals surface area contributed by atoms with Crippen LogP contribution in [0.1, 0.15) is 6.42 Å². The summed E-state index contributed by atoms with van der Waals surface area (Å²) < 4.78 is 43.6. The molecule has 1 aromatic rings. The van der Waals surface area contributed by atoms with Gasteiger partial charge in [-0.15, -0.1) is 0 Å². The average Bonchev–Trinajstić information content (AvgIpc) is 2.33. The first-order chi connectivity index (χ1) is 8.80. The zero-order chi connectivity index (χ0) is 14.6. The van der Waals surface area contributed by atoms with Crippen LogP contribution in [0.3, 0.4) is 0 Å². The molecule has 0 aromatic heterocycles. The van der Waals surface area contributed by atoms with Gasteiger partial charge in [-0.1, -0.05) is 11.6 Å². The molecule has 0 aliphatic heterocycles. The number of anilines is 1. The van der Waals surface area contributed by atoms with Gasteiger partial charge in [0, 0.05) is 27.3 Å². The molecule has 5 nitrogen and oxygen atoms in total. The average molecular weight is 311 g/mol. The number of hydrogen-bond donors (Lipinski definition) is 1. The number of nitrogens with zero attached hydrogens (tertiary/aromatic N) is 1. The molecule has 19 heavy (non-hydrogen) atoms. The SMILES string of the molecule is COCCCN(C)S(=O)(=O)c1cc(N)c(F)cc1Cl. The third-order valence-electron chi connectivity index (χ3n) is 2.56. The summed E-state index contributed by atoms with van der Waals surface area (Å²) >= 11 is 5.77. The van der Waals surface area contributed by atoms with E-state index >= 15 is 0 Å². The molecule has 1 aromatic carbocycles. The van der Waals surface area contributed by atoms with Crippen molar-refractivity contribution in [2.75, 3.05) is 33.0 Å². The first-order valence-corrected chi connectivity index (χ1v) is 7.32. The summed E-state index contributed by atoms with van der Waals surface area (Å²) in [7, 11) is -0.839. The molecule has 0 aliphatic carbocycles. The molecule has 1 rings (SSSR count). The summed E-state index contributed by atoms with van der Waals surface area (Å²) in [6, 6.07) is 1.92. The van der Waals surface area contributed by atoms with E-state index < -0.39 is 15.8 Å². The molecule has 0 saturated carbocycles. The van der Waals surface area contributed by atoms with Crippen molar-refractivity contribution in [3.8, 4) is 0 Å². The Morgan fingerprint density at radius 2 is 2.11 bits per heavy atom. The van der Waals surface area contributed by atoms with Gasteiger partial charge in [0.25, 0.3) is 0 Å². The van der Waals surface area contributed by atoms with E-state index in [1.54, 1.807) is 0 Å². The first-order valence-electron chi connectivity index (χ1n) is 5.50. The lowest BCUT2D eigenvalue weighted by Gasteiger charge is -2.18. The lowest BCUT2D eigenvalue weighted by Crippen LogP contribution is -2.29. The third kappa shape index (κ3) is 3.79. The summed E-state index contributed by atoms with van der Waals surface area (Å²) in [5.41, 5.74) is 5.12. The lowest BCUT2D eigenvalue weighted by molar-refractivity contribution is 0.189. The maximum absolute atomic E-state index is 13.2. The van der Waals surface area contributed by atoms with Gasteiger partial charge in [-0.3, -0.25) is 0 Å². The van der Waals surface area contributed by atoms with Crippen LogP contribution in [0.5, 0.6) is 0 Å². The van der Waals surface area contributed by atoms with Crippen molar-refractivity contribution in [1.82, 2.24) is 4.31 Å². The van der Waals surface area contributed by atoms with E-state index in [4.69, 9.17) is 22.1 Å². The topological polar surface area (TPSA) is 72.6 Å². The lowest BCUT2D eigenvalue weighted by atomic mass is 10.3. The monoisotopic (exact) mass is 310 g/mol. The normalized spacial score (nSPS) is 12.1. The number of nitrogens with two attached hydrogens (primary N) is 1. The Balaban J connectivity index is 3.03. The second-order valence-electron chi connectivity index (χ2n) is 3.98. The van der Waals surface area contributed by atoms with Gasteiger partial charge in [-0.2, -0.15) is 0 Å². The highest BCUT2D eigenvalue weighted by molar-refractivity contribution is 7.89. The van der Waals surface area contributed by atoms with E-state index in [1.807, 2.05) is 0 Å². The molecule has 0 radical (unpaired) electrons. The van der Waals surface area contributed by atoms with Gasteiger partial charge in [0.15, 0.2) is 0 Å². The van der Waals surface area contributed by atoms with Gasteiger partial charge in [0.2, 0.25) is 10.0 Å². The predicted molar refractivity (Wildman–Crippen MR) is 72.1 cm³/mol. The molecule has 0 atom stereocenters. The van der Waals surface area contributed by atoms with Gasteiger partial charge in [0.1, 0.15) is 10.7 Å². The summed E-state index contributed by atoms with van der Waals surface area (Å²) in [6.07, 6.45) is 0.542. The number of nitrogen functional groups attached to an aromatic ring is 1. The summed E-state index contributed by atoms with van der Waals surface area (Å²) in [5.74, 6) is -0.744. The van der Waals surface area contributed by atoms with Gasteiger partial charge < -0.3 is 10.5 Å². The smallest absolute Gasteiger partial charge is 0.244 e. The Morgan fingerprint density at radius 1 is 1.47 bits per heavy atom. The van der Waals surface area contributed by atoms with Gasteiger partial charge >= 0.3 is 0 Å². The maximum Gasteiger partial charge on any atom is 0.244 e. The fraction of sp³-hybridized carbons (Fsp3) is 0.455. The highest BCUT2D eigenvalue weighted by Gasteiger charge is 2.24. The number of methoxy groups -OCH3 is 1. The first kappa shape index (κ1) is 16.2. The zero-order valence-electron chi connectivity index (χ0n) is 10.7. The Morgan fingerprint density at radius 3 is 2.68 bits per heavy atom. The van der Waals surface area contributed by atoms with Gasteiger partial charge in [0.05, 0.1) is 10.7 Å². The number of halogens is 2. The van der Waals surface area contributed by atoms with Crippen molar-refractivity contribution < 1.29 is 17.5 Å². The number of benzene rings is 1. The van der Waals surface area contributed by atoms with Gasteiger partial charge in [-0.05, 0) is 18.6 Å². The van der Waals surface area contributed by atoms with E-state index in [1.165, 1.54) is 14.2 Å². The van der Waals surface area contributed by atoms with Crippen LogP contribution in [0.2, 0.25) is 5.02 Å². The Hall–Kier alpha value is -0.890. The van der Waals surface area contributed by atoms with Crippen molar-refractivity contribution in [3.63, 3.8) is 0 Å². The molecule has 0 fully saturated rings. The molecule has 0 unspecified atom stereocenters. The standard InChI is InChI=1S/C11H16ClFN2O3S/c1-15(4-3-5-18-2)19(16,17)11-7-10(14)9(13)6-8(11)12/h6-7H,3-5,14H2,1-2H3. The van der Waals surface area contributed by atoms with Crippen LogP contribution >= 0.6 is 11.6 Å². The second-order valence-corrected chi connectivity index (χ2v) is 6.40. The number of ether oxygens (including phenoxy) is 1. The number of hydrogen-bond acceptors (Lipinski definition) is 4. The molecule has 0 heterocycles.